The molecule has 0 radical (unpaired) electrons. The molecular formula is C25H26FN7O2. The second-order valence-electron chi connectivity index (χ2n) is 9.15. The standard InChI is InChI=1S/C25H26FN7O2/c1-35-22-3-2-17(26)10-21(22)25(34)31-8-5-18(6-9-31)32-13-19(14-32)33-12-16(11-30-33)23-20-4-7-27-24(20)29-15-28-23/h2-4,7,10-12,15,18-19H,5-6,8-9,13-14H2,1H3,(H,27,28,29). The minimum atomic E-state index is -0.435. The Morgan fingerprint density at radius 2 is 1.97 bits per heavy atom. The Hall–Kier alpha value is -3.79. The molecule has 35 heavy (non-hydrogen) atoms. The zero-order chi connectivity index (χ0) is 23.9. The predicted molar refractivity (Wildman–Crippen MR) is 128 cm³/mol. The van der Waals surface area contributed by atoms with Crippen molar-refractivity contribution >= 4 is 16.9 Å². The summed E-state index contributed by atoms with van der Waals surface area (Å²) in [5.74, 6) is -0.205. The largest absolute Gasteiger partial charge is 0.496 e. The van der Waals surface area contributed by atoms with E-state index in [-0.39, 0.29) is 11.5 Å². The van der Waals surface area contributed by atoms with Crippen LogP contribution in [0.2, 0.25) is 0 Å². The monoisotopic (exact) mass is 475 g/mol. The van der Waals surface area contributed by atoms with Crippen LogP contribution in [-0.2, 0) is 0 Å². The number of fused-ring (bicyclic) bond motifs is 1. The van der Waals surface area contributed by atoms with E-state index < -0.39 is 5.82 Å². The van der Waals surface area contributed by atoms with Crippen molar-refractivity contribution in [2.45, 2.75) is 24.9 Å². The first-order chi connectivity index (χ1) is 17.1. The van der Waals surface area contributed by atoms with Crippen molar-refractivity contribution in [1.82, 2.24) is 34.5 Å². The van der Waals surface area contributed by atoms with Gasteiger partial charge < -0.3 is 14.6 Å². The van der Waals surface area contributed by atoms with Crippen LogP contribution >= 0.6 is 0 Å². The topological polar surface area (TPSA) is 92.2 Å². The zero-order valence-electron chi connectivity index (χ0n) is 19.4. The van der Waals surface area contributed by atoms with E-state index in [1.54, 1.807) is 11.2 Å². The molecule has 2 saturated heterocycles. The van der Waals surface area contributed by atoms with Crippen LogP contribution in [0.15, 0.2) is 49.2 Å². The average Bonchev–Trinajstić information content (AvgIpc) is 3.53. The number of carbonyl (C=O) groups is 1. The van der Waals surface area contributed by atoms with E-state index in [0.717, 1.165) is 48.2 Å². The van der Waals surface area contributed by atoms with Crippen molar-refractivity contribution in [3.63, 3.8) is 0 Å². The number of H-pyrrole nitrogens is 1. The highest BCUT2D eigenvalue weighted by Gasteiger charge is 2.36. The van der Waals surface area contributed by atoms with Crippen molar-refractivity contribution in [1.29, 1.82) is 0 Å². The third-order valence-electron chi connectivity index (χ3n) is 7.15. The molecule has 10 heteroatoms. The summed E-state index contributed by atoms with van der Waals surface area (Å²) in [5.41, 5.74) is 2.96. The van der Waals surface area contributed by atoms with Gasteiger partial charge in [0.25, 0.3) is 5.91 Å². The Bertz CT molecular complexity index is 1370. The molecule has 1 aromatic carbocycles. The van der Waals surface area contributed by atoms with Gasteiger partial charge in [-0.3, -0.25) is 14.4 Å². The molecule has 180 valence electrons. The van der Waals surface area contributed by atoms with Crippen molar-refractivity contribution in [3.8, 4) is 17.0 Å². The molecule has 2 aliphatic rings. The van der Waals surface area contributed by atoms with Crippen LogP contribution < -0.4 is 4.74 Å². The molecule has 5 heterocycles. The van der Waals surface area contributed by atoms with Crippen molar-refractivity contribution < 1.29 is 13.9 Å². The minimum Gasteiger partial charge on any atom is -0.496 e. The quantitative estimate of drug-likeness (QED) is 0.477. The Labute approximate surface area is 201 Å². The zero-order valence-corrected chi connectivity index (χ0v) is 19.4. The summed E-state index contributed by atoms with van der Waals surface area (Å²) in [7, 11) is 1.49. The summed E-state index contributed by atoms with van der Waals surface area (Å²) in [4.78, 5) is 29.1. The molecule has 1 amide bonds. The first-order valence-corrected chi connectivity index (χ1v) is 11.8. The molecule has 0 spiro atoms. The highest BCUT2D eigenvalue weighted by molar-refractivity contribution is 5.97. The summed E-state index contributed by atoms with van der Waals surface area (Å²) in [5, 5.41) is 5.59. The van der Waals surface area contributed by atoms with Crippen LogP contribution in [-0.4, -0.2) is 79.8 Å². The lowest BCUT2D eigenvalue weighted by Gasteiger charge is -2.47. The fourth-order valence-electron chi connectivity index (χ4n) is 5.17. The van der Waals surface area contributed by atoms with Gasteiger partial charge in [0.05, 0.1) is 30.6 Å². The number of rotatable bonds is 5. The third-order valence-corrected chi connectivity index (χ3v) is 7.15. The number of aromatic amines is 1. The second-order valence-corrected chi connectivity index (χ2v) is 9.15. The van der Waals surface area contributed by atoms with E-state index in [9.17, 15) is 9.18 Å². The first kappa shape index (κ1) is 21.7. The molecular weight excluding hydrogens is 449 g/mol. The Morgan fingerprint density at radius 1 is 1.14 bits per heavy atom. The molecule has 0 unspecified atom stereocenters. The number of nitrogens with zero attached hydrogens (tertiary/aromatic N) is 6. The van der Waals surface area contributed by atoms with E-state index in [1.165, 1.54) is 25.3 Å². The van der Waals surface area contributed by atoms with Gasteiger partial charge in [0.15, 0.2) is 0 Å². The van der Waals surface area contributed by atoms with Gasteiger partial charge in [0.2, 0.25) is 0 Å². The molecule has 6 rings (SSSR count). The van der Waals surface area contributed by atoms with Gasteiger partial charge in [-0.05, 0) is 37.1 Å². The Balaban J connectivity index is 1.05. The number of aromatic nitrogens is 5. The lowest BCUT2D eigenvalue weighted by molar-refractivity contribution is 0.0197. The van der Waals surface area contributed by atoms with Crippen LogP contribution in [0.1, 0.15) is 29.2 Å². The molecule has 0 atom stereocenters. The molecule has 2 aliphatic heterocycles. The van der Waals surface area contributed by atoms with Crippen LogP contribution in [0.4, 0.5) is 4.39 Å². The number of hydrogen-bond donors (Lipinski definition) is 1. The van der Waals surface area contributed by atoms with E-state index in [4.69, 9.17) is 4.74 Å². The van der Waals surface area contributed by atoms with Crippen LogP contribution in [0.5, 0.6) is 5.75 Å². The van der Waals surface area contributed by atoms with Gasteiger partial charge in [-0.2, -0.15) is 5.10 Å². The van der Waals surface area contributed by atoms with E-state index in [1.807, 2.05) is 23.1 Å². The van der Waals surface area contributed by atoms with Gasteiger partial charge in [-0.15, -0.1) is 0 Å². The van der Waals surface area contributed by atoms with Gasteiger partial charge in [0.1, 0.15) is 23.5 Å². The normalized spacial score (nSPS) is 17.6. The van der Waals surface area contributed by atoms with E-state index in [2.05, 4.69) is 31.1 Å². The maximum atomic E-state index is 13.7. The van der Waals surface area contributed by atoms with Crippen LogP contribution in [0.25, 0.3) is 22.3 Å². The number of nitrogens with one attached hydrogen (secondary N) is 1. The average molecular weight is 476 g/mol. The second kappa shape index (κ2) is 8.77. The van der Waals surface area contributed by atoms with Crippen LogP contribution in [0, 0.1) is 5.82 Å². The summed E-state index contributed by atoms with van der Waals surface area (Å²) in [6.07, 6.45) is 9.15. The van der Waals surface area contributed by atoms with Crippen molar-refractivity contribution in [2.75, 3.05) is 33.3 Å². The lowest BCUT2D eigenvalue weighted by Crippen LogP contribution is -2.56. The summed E-state index contributed by atoms with van der Waals surface area (Å²) < 4.78 is 21.0. The van der Waals surface area contributed by atoms with Gasteiger partial charge >= 0.3 is 0 Å². The smallest absolute Gasteiger partial charge is 0.257 e. The lowest BCUT2D eigenvalue weighted by atomic mass is 9.97. The Morgan fingerprint density at radius 3 is 2.77 bits per heavy atom. The SMILES string of the molecule is COc1ccc(F)cc1C(=O)N1CCC(N2CC(n3cc(-c4ncnc5[nH]ccc45)cn3)C2)CC1. The summed E-state index contributed by atoms with van der Waals surface area (Å²) >= 11 is 0. The fraction of sp³-hybridized carbons (Fsp3) is 0.360. The van der Waals surface area contributed by atoms with Crippen LogP contribution in [0.3, 0.4) is 0 Å². The third kappa shape index (κ3) is 3.93. The predicted octanol–water partition coefficient (Wildman–Crippen LogP) is 3.13. The molecule has 1 N–H and O–H groups in total. The molecule has 4 aromatic rings. The molecule has 0 bridgehead atoms. The number of methoxy groups -OCH3 is 1. The summed E-state index contributed by atoms with van der Waals surface area (Å²) in [6.45, 7) is 3.16. The number of piperidine rings is 1. The van der Waals surface area contributed by atoms with E-state index >= 15 is 0 Å². The maximum Gasteiger partial charge on any atom is 0.257 e. The first-order valence-electron chi connectivity index (χ1n) is 11.8. The molecule has 9 nitrogen and oxygen atoms in total. The Kier molecular flexibility index (Phi) is 5.44. The highest BCUT2D eigenvalue weighted by atomic mass is 19.1. The fourth-order valence-corrected chi connectivity index (χ4v) is 5.17. The minimum absolute atomic E-state index is 0.174. The van der Waals surface area contributed by atoms with Gasteiger partial charge in [-0.25, -0.2) is 14.4 Å². The number of carbonyl (C=O) groups excluding carboxylic acids is 1. The number of benzene rings is 1. The maximum absolute atomic E-state index is 13.7. The number of hydrogen-bond acceptors (Lipinski definition) is 6. The van der Waals surface area contributed by atoms with E-state index in [0.29, 0.717) is 30.9 Å². The molecule has 0 aliphatic carbocycles. The molecule has 0 saturated carbocycles. The highest BCUT2D eigenvalue weighted by Crippen LogP contribution is 2.31. The summed E-state index contributed by atoms with van der Waals surface area (Å²) in [6, 6.07) is 6.80. The van der Waals surface area contributed by atoms with Gasteiger partial charge in [0, 0.05) is 55.6 Å². The van der Waals surface area contributed by atoms with Crippen molar-refractivity contribution in [2.24, 2.45) is 0 Å². The number of ether oxygens (including phenoxy) is 1. The number of likely N-dealkylation sites (tertiary alicyclic amines) is 2. The number of amides is 1. The van der Waals surface area contributed by atoms with Crippen molar-refractivity contribution in [3.05, 3.63) is 60.6 Å². The number of halogens is 1. The van der Waals surface area contributed by atoms with Gasteiger partial charge in [-0.1, -0.05) is 0 Å². The molecule has 3 aromatic heterocycles. The molecule has 2 fully saturated rings.